The zero-order valence-electron chi connectivity index (χ0n) is 16.7. The van der Waals surface area contributed by atoms with E-state index in [1.54, 1.807) is 0 Å². The van der Waals surface area contributed by atoms with Gasteiger partial charge in [0.2, 0.25) is 11.8 Å². The van der Waals surface area contributed by atoms with E-state index < -0.39 is 6.04 Å². The van der Waals surface area contributed by atoms with Crippen molar-refractivity contribution in [3.8, 4) is 0 Å². The van der Waals surface area contributed by atoms with Gasteiger partial charge in [-0.1, -0.05) is 60.7 Å². The first-order valence-electron chi connectivity index (χ1n) is 10.6. The average Bonchev–Trinajstić information content (AvgIpc) is 3.58. The summed E-state index contributed by atoms with van der Waals surface area (Å²) in [4.78, 5) is 27.2. The van der Waals surface area contributed by atoms with Crippen molar-refractivity contribution in [3.63, 3.8) is 0 Å². The largest absolute Gasteiger partial charge is 0.356 e. The number of hydrogen-bond donors (Lipinski definition) is 2. The van der Waals surface area contributed by atoms with Crippen molar-refractivity contribution in [2.45, 2.75) is 31.2 Å². The number of carbonyl (C=O) groups is 2. The Morgan fingerprint density at radius 2 is 1.66 bits per heavy atom. The highest BCUT2D eigenvalue weighted by atomic mass is 16.2. The van der Waals surface area contributed by atoms with Gasteiger partial charge in [0.05, 0.1) is 12.5 Å². The molecule has 2 N–H and O–H groups in total. The van der Waals surface area contributed by atoms with Crippen molar-refractivity contribution in [1.29, 1.82) is 0 Å². The molecule has 1 saturated heterocycles. The van der Waals surface area contributed by atoms with Crippen molar-refractivity contribution in [1.82, 2.24) is 15.5 Å². The van der Waals surface area contributed by atoms with Crippen LogP contribution >= 0.6 is 0 Å². The molecule has 1 saturated carbocycles. The van der Waals surface area contributed by atoms with Crippen molar-refractivity contribution in [2.75, 3.05) is 26.2 Å². The van der Waals surface area contributed by atoms with E-state index >= 15 is 0 Å². The molecule has 1 atom stereocenters. The normalized spacial score (nSPS) is 19.8. The Morgan fingerprint density at radius 3 is 2.24 bits per heavy atom. The van der Waals surface area contributed by atoms with Gasteiger partial charge in [-0.05, 0) is 29.9 Å². The third kappa shape index (κ3) is 5.24. The van der Waals surface area contributed by atoms with Gasteiger partial charge in [0, 0.05) is 32.1 Å². The summed E-state index contributed by atoms with van der Waals surface area (Å²) in [5, 5.41) is 5.94. The summed E-state index contributed by atoms with van der Waals surface area (Å²) >= 11 is 0. The highest BCUT2D eigenvalue weighted by Crippen LogP contribution is 2.28. The fourth-order valence-corrected chi connectivity index (χ4v) is 4.04. The molecule has 29 heavy (non-hydrogen) atoms. The van der Waals surface area contributed by atoms with Gasteiger partial charge in [0.25, 0.3) is 0 Å². The molecule has 5 heteroatoms. The quantitative estimate of drug-likeness (QED) is 0.727. The molecule has 2 amide bonds. The molecule has 0 bridgehead atoms. The zero-order chi connectivity index (χ0) is 20.1. The highest BCUT2D eigenvalue weighted by Gasteiger charge is 2.34. The molecule has 0 spiro atoms. The molecule has 2 aromatic rings. The lowest BCUT2D eigenvalue weighted by molar-refractivity contribution is -0.134. The van der Waals surface area contributed by atoms with Crippen LogP contribution in [0.3, 0.4) is 0 Å². The Hall–Kier alpha value is -2.66. The summed E-state index contributed by atoms with van der Waals surface area (Å²) in [6.07, 6.45) is 2.62. The Labute approximate surface area is 172 Å². The number of benzene rings is 2. The monoisotopic (exact) mass is 391 g/mol. The van der Waals surface area contributed by atoms with Crippen LogP contribution in [0.5, 0.6) is 0 Å². The van der Waals surface area contributed by atoms with Gasteiger partial charge in [-0.25, -0.2) is 0 Å². The minimum Gasteiger partial charge on any atom is -0.356 e. The number of piperazine rings is 1. The number of carbonyl (C=O) groups excluding carboxylic acids is 2. The summed E-state index contributed by atoms with van der Waals surface area (Å²) in [7, 11) is 0. The van der Waals surface area contributed by atoms with Gasteiger partial charge < -0.3 is 10.6 Å². The molecule has 0 radical (unpaired) electrons. The molecule has 2 aliphatic rings. The second-order valence-electron chi connectivity index (χ2n) is 8.13. The van der Waals surface area contributed by atoms with Crippen LogP contribution in [0.15, 0.2) is 60.7 Å². The number of nitrogens with one attached hydrogen (secondary N) is 2. The maximum atomic E-state index is 12.6. The molecule has 0 unspecified atom stereocenters. The van der Waals surface area contributed by atoms with Gasteiger partial charge >= 0.3 is 0 Å². The number of rotatable bonds is 8. The average molecular weight is 392 g/mol. The topological polar surface area (TPSA) is 61.4 Å². The first kappa shape index (κ1) is 19.6. The van der Waals surface area contributed by atoms with Crippen LogP contribution < -0.4 is 10.6 Å². The molecule has 2 fully saturated rings. The second-order valence-corrected chi connectivity index (χ2v) is 8.13. The zero-order valence-corrected chi connectivity index (χ0v) is 16.7. The lowest BCUT2D eigenvalue weighted by Gasteiger charge is -2.37. The van der Waals surface area contributed by atoms with Crippen molar-refractivity contribution in [3.05, 3.63) is 71.8 Å². The standard InChI is InChI=1S/C24H29N3O2/c28-23(26-16-18-11-12-18)15-22-24(29)25-13-14-27(22)17-21(19-7-3-1-4-8-19)20-9-5-2-6-10-20/h1-10,18,21-22H,11-17H2,(H,25,29)(H,26,28)/t22-/m1/s1. The predicted octanol–water partition coefficient (Wildman–Crippen LogP) is 2.54. The van der Waals surface area contributed by atoms with E-state index in [1.807, 2.05) is 12.1 Å². The SMILES string of the molecule is O=C(C[C@@H]1C(=O)NCCN1CC(c1ccccc1)c1ccccc1)NCC1CC1. The van der Waals surface area contributed by atoms with Crippen molar-refractivity contribution in [2.24, 2.45) is 5.92 Å². The lowest BCUT2D eigenvalue weighted by atomic mass is 9.90. The third-order valence-corrected chi connectivity index (χ3v) is 5.93. The van der Waals surface area contributed by atoms with Crippen LogP contribution in [0.2, 0.25) is 0 Å². The van der Waals surface area contributed by atoms with Gasteiger partial charge in [0.1, 0.15) is 0 Å². The molecular weight excluding hydrogens is 362 g/mol. The van der Waals surface area contributed by atoms with Crippen molar-refractivity contribution < 1.29 is 9.59 Å². The van der Waals surface area contributed by atoms with E-state index in [9.17, 15) is 9.59 Å². The fourth-order valence-electron chi connectivity index (χ4n) is 4.04. The highest BCUT2D eigenvalue weighted by molar-refractivity contribution is 5.88. The first-order chi connectivity index (χ1) is 14.2. The third-order valence-electron chi connectivity index (χ3n) is 5.93. The van der Waals surface area contributed by atoms with E-state index in [4.69, 9.17) is 0 Å². The predicted molar refractivity (Wildman–Crippen MR) is 113 cm³/mol. The van der Waals surface area contributed by atoms with Gasteiger partial charge in [-0.2, -0.15) is 0 Å². The van der Waals surface area contributed by atoms with Gasteiger partial charge in [-0.3, -0.25) is 14.5 Å². The maximum absolute atomic E-state index is 12.6. The molecule has 5 nitrogen and oxygen atoms in total. The Bertz CT molecular complexity index is 781. The smallest absolute Gasteiger partial charge is 0.237 e. The lowest BCUT2D eigenvalue weighted by Crippen LogP contribution is -2.57. The van der Waals surface area contributed by atoms with E-state index in [0.717, 1.165) is 13.1 Å². The summed E-state index contributed by atoms with van der Waals surface area (Å²) in [6.45, 7) is 2.82. The molecule has 0 aromatic heterocycles. The fraction of sp³-hybridized carbons (Fsp3) is 0.417. The van der Waals surface area contributed by atoms with E-state index in [2.05, 4.69) is 64.1 Å². The minimum atomic E-state index is -0.419. The van der Waals surface area contributed by atoms with E-state index in [0.29, 0.717) is 19.0 Å². The maximum Gasteiger partial charge on any atom is 0.237 e. The minimum absolute atomic E-state index is 0.0278. The Morgan fingerprint density at radius 1 is 1.03 bits per heavy atom. The molecule has 1 aliphatic carbocycles. The van der Waals surface area contributed by atoms with Crippen LogP contribution in [0, 0.1) is 5.92 Å². The van der Waals surface area contributed by atoms with E-state index in [1.165, 1.54) is 24.0 Å². The molecule has 2 aromatic carbocycles. The summed E-state index contributed by atoms with van der Waals surface area (Å²) in [6, 6.07) is 20.4. The second kappa shape index (κ2) is 9.23. The van der Waals surface area contributed by atoms with Gasteiger partial charge in [-0.15, -0.1) is 0 Å². The Balaban J connectivity index is 1.50. The van der Waals surface area contributed by atoms with Crippen LogP contribution in [-0.2, 0) is 9.59 Å². The Kier molecular flexibility index (Phi) is 6.25. The summed E-state index contributed by atoms with van der Waals surface area (Å²) < 4.78 is 0. The van der Waals surface area contributed by atoms with Crippen LogP contribution in [0.1, 0.15) is 36.3 Å². The number of nitrogens with zero attached hydrogens (tertiary/aromatic N) is 1. The van der Waals surface area contributed by atoms with Crippen LogP contribution in [0.25, 0.3) is 0 Å². The summed E-state index contributed by atoms with van der Waals surface area (Å²) in [5.41, 5.74) is 2.45. The molecule has 1 heterocycles. The molecular formula is C24H29N3O2. The van der Waals surface area contributed by atoms with Crippen LogP contribution in [-0.4, -0.2) is 48.9 Å². The summed E-state index contributed by atoms with van der Waals surface area (Å²) in [5.74, 6) is 0.716. The first-order valence-corrected chi connectivity index (χ1v) is 10.6. The number of amides is 2. The van der Waals surface area contributed by atoms with Crippen molar-refractivity contribution >= 4 is 11.8 Å². The van der Waals surface area contributed by atoms with Gasteiger partial charge in [0.15, 0.2) is 0 Å². The molecule has 1 aliphatic heterocycles. The van der Waals surface area contributed by atoms with Crippen LogP contribution in [0.4, 0.5) is 0 Å². The molecule has 152 valence electrons. The van der Waals surface area contributed by atoms with E-state index in [-0.39, 0.29) is 24.2 Å². The molecule has 4 rings (SSSR count). The number of hydrogen-bond acceptors (Lipinski definition) is 3.